The van der Waals surface area contributed by atoms with Gasteiger partial charge in [0.1, 0.15) is 0 Å². The summed E-state index contributed by atoms with van der Waals surface area (Å²) in [5.74, 6) is 0.0968. The maximum atomic E-state index is 13.2. The quantitative estimate of drug-likeness (QED) is 0.497. The molecule has 2 aromatic heterocycles. The molecule has 1 atom stereocenters. The summed E-state index contributed by atoms with van der Waals surface area (Å²) in [6.45, 7) is 4.35. The fourth-order valence-corrected chi connectivity index (χ4v) is 3.59. The van der Waals surface area contributed by atoms with Crippen molar-refractivity contribution in [2.75, 3.05) is 0 Å². The van der Waals surface area contributed by atoms with E-state index in [4.69, 9.17) is 0 Å². The number of rotatable bonds is 7. The van der Waals surface area contributed by atoms with Crippen LogP contribution in [0.15, 0.2) is 64.2 Å². The summed E-state index contributed by atoms with van der Waals surface area (Å²) in [5, 5.41) is 7.79. The lowest BCUT2D eigenvalue weighted by Crippen LogP contribution is -2.34. The molecular weight excluding hydrogens is 394 g/mol. The zero-order valence-electron chi connectivity index (χ0n) is 17.6. The summed E-state index contributed by atoms with van der Waals surface area (Å²) < 4.78 is 4.22. The van der Waals surface area contributed by atoms with Gasteiger partial charge in [0.15, 0.2) is 0 Å². The molecule has 4 aromatic rings. The summed E-state index contributed by atoms with van der Waals surface area (Å²) in [6.07, 6.45) is 0.948. The van der Waals surface area contributed by atoms with Crippen molar-refractivity contribution < 1.29 is 4.79 Å². The molecule has 8 nitrogen and oxygen atoms in total. The van der Waals surface area contributed by atoms with Crippen molar-refractivity contribution in [3.63, 3.8) is 0 Å². The monoisotopic (exact) mass is 419 g/mol. The Morgan fingerprint density at radius 2 is 1.77 bits per heavy atom. The van der Waals surface area contributed by atoms with E-state index in [1.807, 2.05) is 44.2 Å². The van der Waals surface area contributed by atoms with Gasteiger partial charge in [0.05, 0.1) is 17.4 Å². The molecule has 160 valence electrons. The number of hydrogen-bond donors (Lipinski definition) is 1. The maximum Gasteiger partial charge on any atom is 0.352 e. The fraction of sp³-hybridized carbons (Fsp3) is 0.304. The zero-order chi connectivity index (χ0) is 22.0. The van der Waals surface area contributed by atoms with Crippen molar-refractivity contribution in [1.82, 2.24) is 24.1 Å². The molecule has 0 aliphatic heterocycles. The Morgan fingerprint density at radius 1 is 1.06 bits per heavy atom. The number of carbonyl (C=O) groups excluding carboxylic acids is 1. The van der Waals surface area contributed by atoms with E-state index in [9.17, 15) is 14.4 Å². The number of carbonyl (C=O) groups is 1. The molecule has 1 amide bonds. The van der Waals surface area contributed by atoms with E-state index in [0.29, 0.717) is 17.4 Å². The van der Waals surface area contributed by atoms with Crippen LogP contribution in [-0.2, 0) is 17.9 Å². The minimum absolute atomic E-state index is 0.0635. The second kappa shape index (κ2) is 8.59. The van der Waals surface area contributed by atoms with Gasteiger partial charge in [0, 0.05) is 19.0 Å². The van der Waals surface area contributed by atoms with Gasteiger partial charge in [-0.3, -0.25) is 14.2 Å². The number of aromatic nitrogens is 4. The van der Waals surface area contributed by atoms with Gasteiger partial charge >= 0.3 is 5.69 Å². The van der Waals surface area contributed by atoms with Crippen LogP contribution in [0.25, 0.3) is 16.7 Å². The molecule has 4 rings (SSSR count). The van der Waals surface area contributed by atoms with Crippen molar-refractivity contribution >= 4 is 22.6 Å². The summed E-state index contributed by atoms with van der Waals surface area (Å²) in [5.41, 5.74) is 0.843. The third-order valence-electron chi connectivity index (χ3n) is 5.44. The third kappa shape index (κ3) is 4.01. The van der Waals surface area contributed by atoms with Gasteiger partial charge in [0.25, 0.3) is 5.56 Å². The van der Waals surface area contributed by atoms with Gasteiger partial charge in [-0.2, -0.15) is 0 Å². The number of amides is 1. The normalized spacial score (nSPS) is 12.3. The summed E-state index contributed by atoms with van der Waals surface area (Å²) >= 11 is 0. The largest absolute Gasteiger partial charge is 0.354 e. The lowest BCUT2D eigenvalue weighted by atomic mass is 10.2. The number of nitrogens with one attached hydrogen (secondary N) is 1. The number of fused-ring (bicyclic) bond motifs is 3. The molecule has 0 spiro atoms. The van der Waals surface area contributed by atoms with Gasteiger partial charge < -0.3 is 5.32 Å². The van der Waals surface area contributed by atoms with Crippen molar-refractivity contribution in [2.45, 2.75) is 45.8 Å². The highest BCUT2D eigenvalue weighted by Gasteiger charge is 2.18. The Kier molecular flexibility index (Phi) is 5.70. The Bertz CT molecular complexity index is 1350. The molecule has 1 unspecified atom stereocenters. The van der Waals surface area contributed by atoms with Crippen molar-refractivity contribution in [3.8, 4) is 0 Å². The van der Waals surface area contributed by atoms with Crippen LogP contribution in [0, 0.1) is 0 Å². The molecular formula is C23H25N5O3. The minimum Gasteiger partial charge on any atom is -0.354 e. The minimum atomic E-state index is -0.326. The molecule has 0 saturated heterocycles. The van der Waals surface area contributed by atoms with Crippen LogP contribution >= 0.6 is 0 Å². The lowest BCUT2D eigenvalue weighted by Gasteiger charge is -2.12. The smallest absolute Gasteiger partial charge is 0.352 e. The van der Waals surface area contributed by atoms with E-state index in [2.05, 4.69) is 10.4 Å². The van der Waals surface area contributed by atoms with E-state index >= 15 is 0 Å². The van der Waals surface area contributed by atoms with Crippen molar-refractivity contribution in [3.05, 3.63) is 81.0 Å². The molecule has 0 radical (unpaired) electrons. The average Bonchev–Trinajstić information content (AvgIpc) is 3.10. The molecule has 0 aliphatic rings. The average molecular weight is 419 g/mol. The first-order chi connectivity index (χ1) is 15.0. The maximum absolute atomic E-state index is 13.2. The van der Waals surface area contributed by atoms with Crippen LogP contribution in [0.1, 0.15) is 32.3 Å². The van der Waals surface area contributed by atoms with Gasteiger partial charge in [-0.25, -0.2) is 13.9 Å². The van der Waals surface area contributed by atoms with Gasteiger partial charge in [-0.05, 0) is 31.0 Å². The summed E-state index contributed by atoms with van der Waals surface area (Å²) in [7, 11) is 0. The highest BCUT2D eigenvalue weighted by Crippen LogP contribution is 2.12. The van der Waals surface area contributed by atoms with Crippen molar-refractivity contribution in [2.24, 2.45) is 0 Å². The van der Waals surface area contributed by atoms with E-state index in [1.165, 1.54) is 13.6 Å². The highest BCUT2D eigenvalue weighted by molar-refractivity contribution is 5.80. The molecule has 0 aliphatic carbocycles. The predicted octanol–water partition coefficient (Wildman–Crippen LogP) is 2.16. The molecule has 8 heteroatoms. The molecule has 2 heterocycles. The third-order valence-corrected chi connectivity index (χ3v) is 5.44. The summed E-state index contributed by atoms with van der Waals surface area (Å²) in [6, 6.07) is 16.6. The number of nitrogens with zero attached hydrogens (tertiary/aromatic N) is 4. The van der Waals surface area contributed by atoms with Crippen LogP contribution in [0.4, 0.5) is 0 Å². The topological polar surface area (TPSA) is 90.4 Å². The molecule has 0 fully saturated rings. The zero-order valence-corrected chi connectivity index (χ0v) is 17.6. The molecule has 1 N–H and O–H groups in total. The SMILES string of the molecule is CCC(C)NC(=O)CCn1c(=O)c2ccccc2n2c(=O)n(Cc3ccccc3)nc12. The second-order valence-corrected chi connectivity index (χ2v) is 7.66. The lowest BCUT2D eigenvalue weighted by molar-refractivity contribution is -0.121. The van der Waals surface area contributed by atoms with Gasteiger partial charge in [0.2, 0.25) is 11.7 Å². The van der Waals surface area contributed by atoms with Crippen LogP contribution < -0.4 is 16.6 Å². The van der Waals surface area contributed by atoms with Crippen LogP contribution in [-0.4, -0.2) is 30.7 Å². The first kappa shape index (κ1) is 20.6. The first-order valence-electron chi connectivity index (χ1n) is 10.4. The van der Waals surface area contributed by atoms with Crippen LogP contribution in [0.5, 0.6) is 0 Å². The number of hydrogen-bond acceptors (Lipinski definition) is 4. The van der Waals surface area contributed by atoms with E-state index in [0.717, 1.165) is 12.0 Å². The van der Waals surface area contributed by atoms with Crippen LogP contribution in [0.3, 0.4) is 0 Å². The molecule has 2 aromatic carbocycles. The van der Waals surface area contributed by atoms with E-state index in [-0.39, 0.29) is 41.9 Å². The summed E-state index contributed by atoms with van der Waals surface area (Å²) in [4.78, 5) is 38.7. The van der Waals surface area contributed by atoms with E-state index < -0.39 is 0 Å². The van der Waals surface area contributed by atoms with Crippen molar-refractivity contribution in [1.29, 1.82) is 0 Å². The standard InChI is InChI=1S/C23H25N5O3/c1-3-16(2)24-20(29)13-14-26-21(30)18-11-7-8-12-19(18)28-22(26)25-27(23(28)31)15-17-9-5-4-6-10-17/h4-12,16H,3,13-15H2,1-2H3,(H,24,29). The fourth-order valence-electron chi connectivity index (χ4n) is 3.59. The first-order valence-corrected chi connectivity index (χ1v) is 10.4. The van der Waals surface area contributed by atoms with E-state index in [1.54, 1.807) is 24.3 Å². The van der Waals surface area contributed by atoms with Crippen LogP contribution in [0.2, 0.25) is 0 Å². The predicted molar refractivity (Wildman–Crippen MR) is 119 cm³/mol. The number of aryl methyl sites for hydroxylation is 1. The molecule has 0 saturated carbocycles. The van der Waals surface area contributed by atoms with Gasteiger partial charge in [-0.1, -0.05) is 49.4 Å². The Morgan fingerprint density at radius 3 is 2.52 bits per heavy atom. The second-order valence-electron chi connectivity index (χ2n) is 7.66. The van der Waals surface area contributed by atoms with Gasteiger partial charge in [-0.15, -0.1) is 5.10 Å². The molecule has 0 bridgehead atoms. The highest BCUT2D eigenvalue weighted by atomic mass is 16.2. The Hall–Kier alpha value is -3.68. The Balaban J connectivity index is 1.81. The molecule has 31 heavy (non-hydrogen) atoms. The number of para-hydroxylation sites is 1. The number of benzene rings is 2. The Labute approximate surface area is 178 Å².